The van der Waals surface area contributed by atoms with Crippen LogP contribution in [0.1, 0.15) is 5.56 Å². The molecular weight excluding hydrogens is 280 g/mol. The van der Waals surface area contributed by atoms with Gasteiger partial charge in [0, 0.05) is 12.2 Å². The van der Waals surface area contributed by atoms with E-state index in [1.54, 1.807) is 24.3 Å². The van der Waals surface area contributed by atoms with Crippen LogP contribution in [0.4, 0.5) is 11.4 Å². The number of nitrogens with zero attached hydrogens (tertiary/aromatic N) is 1. The fraction of sp³-hybridized carbons (Fsp3) is 0.118. The average Bonchev–Trinajstić information content (AvgIpc) is 2.53. The highest BCUT2D eigenvalue weighted by Gasteiger charge is 2.30. The predicted molar refractivity (Wildman–Crippen MR) is 85.3 cm³/mol. The number of rotatable bonds is 3. The van der Waals surface area contributed by atoms with Gasteiger partial charge in [-0.1, -0.05) is 30.3 Å². The highest BCUT2D eigenvalue weighted by molar-refractivity contribution is 6.10. The molecule has 0 fully saturated rings. The van der Waals surface area contributed by atoms with E-state index in [0.29, 0.717) is 17.1 Å². The van der Waals surface area contributed by atoms with E-state index < -0.39 is 0 Å². The van der Waals surface area contributed by atoms with Crippen LogP contribution in [0.5, 0.6) is 5.75 Å². The Labute approximate surface area is 128 Å². The van der Waals surface area contributed by atoms with Crippen LogP contribution in [0.15, 0.2) is 54.3 Å². The first-order valence-corrected chi connectivity index (χ1v) is 6.96. The van der Waals surface area contributed by atoms with Crippen molar-refractivity contribution >= 4 is 23.4 Å². The van der Waals surface area contributed by atoms with Crippen LogP contribution in [0, 0.1) is 0 Å². The minimum absolute atomic E-state index is 0.140. The van der Waals surface area contributed by atoms with Gasteiger partial charge in [0.2, 0.25) is 0 Å². The molecule has 2 aromatic carbocycles. The third-order valence-corrected chi connectivity index (χ3v) is 3.37. The summed E-state index contributed by atoms with van der Waals surface area (Å²) in [5.74, 6) is 0.470. The van der Waals surface area contributed by atoms with Crippen molar-refractivity contribution in [2.24, 2.45) is 0 Å². The number of hydrogen-bond donors (Lipinski definition) is 2. The summed E-state index contributed by atoms with van der Waals surface area (Å²) in [6.45, 7) is 0.0450. The molecule has 1 heterocycles. The molecule has 0 saturated heterocycles. The van der Waals surface area contributed by atoms with Gasteiger partial charge < -0.3 is 15.6 Å². The Morgan fingerprint density at radius 3 is 2.68 bits per heavy atom. The van der Waals surface area contributed by atoms with Crippen molar-refractivity contribution in [1.82, 2.24) is 0 Å². The lowest BCUT2D eigenvalue weighted by Gasteiger charge is -2.30. The molecule has 1 amide bonds. The highest BCUT2D eigenvalue weighted by Crippen LogP contribution is 2.37. The van der Waals surface area contributed by atoms with Crippen LogP contribution in [0.25, 0.3) is 6.08 Å². The molecule has 1 aliphatic rings. The standard InChI is InChI=1S/C17H16N2O3/c18-13-6-7-15-14(11-13)19(8-9-20)17(21)16(22-15)10-12-4-2-1-3-5-12/h1-7,10-11,20H,8-9,18H2/b16-10+. The fourth-order valence-corrected chi connectivity index (χ4v) is 2.35. The topological polar surface area (TPSA) is 75.8 Å². The molecule has 0 aliphatic carbocycles. The van der Waals surface area contributed by atoms with Gasteiger partial charge in [-0.15, -0.1) is 0 Å². The van der Waals surface area contributed by atoms with E-state index in [1.165, 1.54) is 4.90 Å². The smallest absolute Gasteiger partial charge is 0.294 e. The largest absolute Gasteiger partial charge is 0.449 e. The Kier molecular flexibility index (Phi) is 3.80. The third-order valence-electron chi connectivity index (χ3n) is 3.37. The monoisotopic (exact) mass is 296 g/mol. The molecule has 0 radical (unpaired) electrons. The second kappa shape index (κ2) is 5.91. The molecule has 0 atom stereocenters. The maximum Gasteiger partial charge on any atom is 0.294 e. The molecule has 5 heteroatoms. The van der Waals surface area contributed by atoms with Crippen LogP contribution in [0.2, 0.25) is 0 Å². The zero-order valence-corrected chi connectivity index (χ0v) is 11.9. The zero-order valence-electron chi connectivity index (χ0n) is 11.9. The van der Waals surface area contributed by atoms with Crippen molar-refractivity contribution < 1.29 is 14.6 Å². The van der Waals surface area contributed by atoms with Gasteiger partial charge in [-0.2, -0.15) is 0 Å². The number of carbonyl (C=O) groups is 1. The second-order valence-corrected chi connectivity index (χ2v) is 4.93. The quantitative estimate of drug-likeness (QED) is 0.671. The molecule has 0 aromatic heterocycles. The number of hydrogen-bond acceptors (Lipinski definition) is 4. The molecule has 3 rings (SSSR count). The number of aliphatic hydroxyl groups excluding tert-OH is 1. The van der Waals surface area contributed by atoms with Gasteiger partial charge in [-0.25, -0.2) is 0 Å². The van der Waals surface area contributed by atoms with Crippen LogP contribution in [-0.2, 0) is 4.79 Å². The Morgan fingerprint density at radius 1 is 1.18 bits per heavy atom. The molecule has 5 nitrogen and oxygen atoms in total. The molecule has 22 heavy (non-hydrogen) atoms. The summed E-state index contributed by atoms with van der Waals surface area (Å²) in [6, 6.07) is 14.6. The number of nitrogen functional groups attached to an aromatic ring is 1. The number of ether oxygens (including phenoxy) is 1. The Bertz CT molecular complexity index is 726. The zero-order chi connectivity index (χ0) is 15.5. The number of amides is 1. The van der Waals surface area contributed by atoms with Gasteiger partial charge >= 0.3 is 0 Å². The van der Waals surface area contributed by atoms with Gasteiger partial charge in [0.05, 0.1) is 12.3 Å². The van der Waals surface area contributed by atoms with Crippen molar-refractivity contribution in [1.29, 1.82) is 0 Å². The predicted octanol–water partition coefficient (Wildman–Crippen LogP) is 2.03. The van der Waals surface area contributed by atoms with E-state index >= 15 is 0 Å². The summed E-state index contributed by atoms with van der Waals surface area (Å²) in [5.41, 5.74) is 7.75. The maximum atomic E-state index is 12.6. The van der Waals surface area contributed by atoms with Crippen LogP contribution in [0.3, 0.4) is 0 Å². The number of β-amino-alcohol motifs (C(OH)–C–C–N with tert-alkyl or cyclic N) is 1. The van der Waals surface area contributed by atoms with Crippen molar-refractivity contribution in [3.05, 3.63) is 59.9 Å². The Hall–Kier alpha value is -2.79. The molecule has 2 aromatic rings. The first-order chi connectivity index (χ1) is 10.7. The van der Waals surface area contributed by atoms with E-state index in [2.05, 4.69) is 0 Å². The van der Waals surface area contributed by atoms with Gasteiger partial charge in [0.1, 0.15) is 0 Å². The lowest BCUT2D eigenvalue weighted by Crippen LogP contribution is -2.39. The second-order valence-electron chi connectivity index (χ2n) is 4.93. The van der Waals surface area contributed by atoms with E-state index in [-0.39, 0.29) is 24.8 Å². The van der Waals surface area contributed by atoms with E-state index in [0.717, 1.165) is 5.56 Å². The van der Waals surface area contributed by atoms with Crippen molar-refractivity contribution in [2.45, 2.75) is 0 Å². The van der Waals surface area contributed by atoms with E-state index in [1.807, 2.05) is 30.3 Å². The normalized spacial score (nSPS) is 15.6. The fourth-order valence-electron chi connectivity index (χ4n) is 2.35. The summed E-state index contributed by atoms with van der Waals surface area (Å²) in [7, 11) is 0. The number of nitrogens with two attached hydrogens (primary N) is 1. The highest BCUT2D eigenvalue weighted by atomic mass is 16.5. The SMILES string of the molecule is Nc1ccc2c(c1)N(CCO)C(=O)/C(=C\c1ccccc1)O2. The molecule has 0 spiro atoms. The summed E-state index contributed by atoms with van der Waals surface area (Å²) in [4.78, 5) is 14.1. The third kappa shape index (κ3) is 2.66. The van der Waals surface area contributed by atoms with Crippen molar-refractivity contribution in [3.8, 4) is 5.75 Å². The summed E-state index contributed by atoms with van der Waals surface area (Å²) in [5, 5.41) is 9.22. The molecule has 3 N–H and O–H groups in total. The van der Waals surface area contributed by atoms with E-state index in [4.69, 9.17) is 10.5 Å². The van der Waals surface area contributed by atoms with Gasteiger partial charge in [-0.05, 0) is 29.8 Å². The number of fused-ring (bicyclic) bond motifs is 1. The molecule has 112 valence electrons. The number of aliphatic hydroxyl groups is 1. The number of benzene rings is 2. The molecule has 1 aliphatic heterocycles. The summed E-state index contributed by atoms with van der Waals surface area (Å²) < 4.78 is 5.71. The molecule has 0 unspecified atom stereocenters. The van der Waals surface area contributed by atoms with Crippen LogP contribution in [-0.4, -0.2) is 24.2 Å². The first-order valence-electron chi connectivity index (χ1n) is 6.96. The van der Waals surface area contributed by atoms with Gasteiger partial charge in [0.15, 0.2) is 11.5 Å². The minimum atomic E-state index is -0.295. The Balaban J connectivity index is 2.04. The average molecular weight is 296 g/mol. The van der Waals surface area contributed by atoms with Gasteiger partial charge in [-0.3, -0.25) is 9.69 Å². The van der Waals surface area contributed by atoms with E-state index in [9.17, 15) is 9.90 Å². The van der Waals surface area contributed by atoms with Gasteiger partial charge in [0.25, 0.3) is 5.91 Å². The molecule has 0 bridgehead atoms. The first kappa shape index (κ1) is 14.2. The van der Waals surface area contributed by atoms with Crippen molar-refractivity contribution in [2.75, 3.05) is 23.8 Å². The van der Waals surface area contributed by atoms with Crippen molar-refractivity contribution in [3.63, 3.8) is 0 Å². The molecular formula is C17H16N2O3. The lowest BCUT2D eigenvalue weighted by molar-refractivity contribution is -0.117. The number of carbonyl (C=O) groups excluding carboxylic acids is 1. The summed E-state index contributed by atoms with van der Waals surface area (Å²) in [6.07, 6.45) is 1.69. The number of anilines is 2. The summed E-state index contributed by atoms with van der Waals surface area (Å²) >= 11 is 0. The minimum Gasteiger partial charge on any atom is -0.449 e. The van der Waals surface area contributed by atoms with Crippen LogP contribution >= 0.6 is 0 Å². The lowest BCUT2D eigenvalue weighted by atomic mass is 10.1. The Morgan fingerprint density at radius 2 is 1.95 bits per heavy atom. The van der Waals surface area contributed by atoms with Crippen LogP contribution < -0.4 is 15.4 Å². The molecule has 0 saturated carbocycles. The maximum absolute atomic E-state index is 12.6.